The summed E-state index contributed by atoms with van der Waals surface area (Å²) in [6.07, 6.45) is 7.19. The van der Waals surface area contributed by atoms with E-state index in [9.17, 15) is 14.4 Å². The molecule has 1 spiro atoms. The minimum atomic E-state index is -0.138. The maximum atomic E-state index is 13.1. The second kappa shape index (κ2) is 6.25. The van der Waals surface area contributed by atoms with Crippen LogP contribution in [0.3, 0.4) is 0 Å². The highest BCUT2D eigenvalue weighted by molar-refractivity contribution is 5.95. The number of nitrogens with zero attached hydrogens (tertiary/aromatic N) is 3. The molecule has 0 radical (unpaired) electrons. The summed E-state index contributed by atoms with van der Waals surface area (Å²) in [5, 5.41) is 0. The molecule has 0 atom stereocenters. The van der Waals surface area contributed by atoms with Crippen LogP contribution in [0.15, 0.2) is 17.1 Å². The molecule has 1 aromatic heterocycles. The first-order valence-electron chi connectivity index (χ1n) is 9.65. The summed E-state index contributed by atoms with van der Waals surface area (Å²) in [6, 6.07) is 2.16. The topological polar surface area (TPSA) is 62.6 Å². The Bertz CT molecular complexity index is 801. The van der Waals surface area contributed by atoms with Crippen molar-refractivity contribution in [3.8, 4) is 0 Å². The summed E-state index contributed by atoms with van der Waals surface area (Å²) in [5.74, 6) is 0.0901. The first kappa shape index (κ1) is 17.3. The molecule has 6 heteroatoms. The van der Waals surface area contributed by atoms with Crippen molar-refractivity contribution in [1.82, 2.24) is 14.4 Å². The highest BCUT2D eigenvalue weighted by Crippen LogP contribution is 2.40. The van der Waals surface area contributed by atoms with Crippen molar-refractivity contribution in [1.29, 1.82) is 0 Å². The van der Waals surface area contributed by atoms with Gasteiger partial charge in [0.1, 0.15) is 5.56 Å². The second-order valence-electron chi connectivity index (χ2n) is 8.36. The Morgan fingerprint density at radius 2 is 1.85 bits per heavy atom. The molecule has 0 unspecified atom stereocenters. The highest BCUT2D eigenvalue weighted by atomic mass is 16.2. The van der Waals surface area contributed by atoms with Gasteiger partial charge in [0.05, 0.1) is 0 Å². The monoisotopic (exact) mass is 357 g/mol. The van der Waals surface area contributed by atoms with E-state index < -0.39 is 0 Å². The lowest BCUT2D eigenvalue weighted by atomic mass is 9.72. The van der Waals surface area contributed by atoms with Gasteiger partial charge in [-0.25, -0.2) is 0 Å². The van der Waals surface area contributed by atoms with Gasteiger partial charge in [-0.2, -0.15) is 0 Å². The molecular formula is C20H27N3O3. The molecule has 0 aromatic carbocycles. The van der Waals surface area contributed by atoms with Crippen LogP contribution in [0.4, 0.5) is 0 Å². The fourth-order valence-electron chi connectivity index (χ4n) is 4.52. The number of pyridine rings is 1. The van der Waals surface area contributed by atoms with Gasteiger partial charge in [0.2, 0.25) is 5.91 Å². The lowest BCUT2D eigenvalue weighted by Crippen LogP contribution is -2.51. The van der Waals surface area contributed by atoms with Crippen LogP contribution >= 0.6 is 0 Å². The van der Waals surface area contributed by atoms with Crippen molar-refractivity contribution in [2.45, 2.75) is 51.5 Å². The Morgan fingerprint density at radius 1 is 1.15 bits per heavy atom. The smallest absolute Gasteiger partial charge is 0.263 e. The normalized spacial score (nSPS) is 22.8. The van der Waals surface area contributed by atoms with E-state index in [1.165, 1.54) is 0 Å². The summed E-state index contributed by atoms with van der Waals surface area (Å²) in [4.78, 5) is 41.3. The summed E-state index contributed by atoms with van der Waals surface area (Å²) < 4.78 is 1.73. The average Bonchev–Trinajstić information content (AvgIpc) is 3.44. The molecule has 3 heterocycles. The van der Waals surface area contributed by atoms with Gasteiger partial charge in [0, 0.05) is 45.3 Å². The van der Waals surface area contributed by atoms with Crippen LogP contribution in [0.2, 0.25) is 0 Å². The zero-order valence-electron chi connectivity index (χ0n) is 15.7. The number of hydrogen-bond acceptors (Lipinski definition) is 3. The lowest BCUT2D eigenvalue weighted by molar-refractivity contribution is -0.137. The molecule has 3 fully saturated rings. The molecule has 2 amide bonds. The third-order valence-electron chi connectivity index (χ3n) is 6.46. The summed E-state index contributed by atoms with van der Waals surface area (Å²) in [5.41, 5.74) is 1.10. The number of rotatable bonds is 2. The van der Waals surface area contributed by atoms with Crippen molar-refractivity contribution in [3.05, 3.63) is 33.7 Å². The van der Waals surface area contributed by atoms with Gasteiger partial charge in [-0.1, -0.05) is 0 Å². The Balaban J connectivity index is 1.50. The molecule has 0 bridgehead atoms. The van der Waals surface area contributed by atoms with Crippen molar-refractivity contribution in [3.63, 3.8) is 0 Å². The van der Waals surface area contributed by atoms with E-state index in [1.54, 1.807) is 4.57 Å². The van der Waals surface area contributed by atoms with Crippen LogP contribution in [-0.2, 0) is 4.79 Å². The van der Waals surface area contributed by atoms with Gasteiger partial charge in [0.25, 0.3) is 11.5 Å². The molecule has 0 N–H and O–H groups in total. The molecule has 1 saturated carbocycles. The van der Waals surface area contributed by atoms with Crippen molar-refractivity contribution >= 4 is 11.8 Å². The molecule has 2 saturated heterocycles. The fourth-order valence-corrected chi connectivity index (χ4v) is 4.52. The Morgan fingerprint density at radius 3 is 2.46 bits per heavy atom. The quantitative estimate of drug-likeness (QED) is 0.813. The van der Waals surface area contributed by atoms with Crippen molar-refractivity contribution < 1.29 is 9.59 Å². The van der Waals surface area contributed by atoms with Crippen LogP contribution in [0.25, 0.3) is 0 Å². The number of likely N-dealkylation sites (tertiary alicyclic amines) is 2. The lowest BCUT2D eigenvalue weighted by Gasteiger charge is -2.46. The van der Waals surface area contributed by atoms with Gasteiger partial charge < -0.3 is 14.4 Å². The number of aryl methyl sites for hydroxylation is 1. The van der Waals surface area contributed by atoms with Crippen LogP contribution < -0.4 is 5.56 Å². The first-order chi connectivity index (χ1) is 12.4. The van der Waals surface area contributed by atoms with Crippen molar-refractivity contribution in [2.75, 3.05) is 26.7 Å². The Kier molecular flexibility index (Phi) is 4.16. The van der Waals surface area contributed by atoms with Gasteiger partial charge >= 0.3 is 0 Å². The molecule has 1 aliphatic carbocycles. The average molecular weight is 357 g/mol. The fraction of sp³-hybridized carbons (Fsp3) is 0.650. The number of piperidine rings is 2. The van der Waals surface area contributed by atoms with Crippen molar-refractivity contribution in [2.24, 2.45) is 5.41 Å². The largest absolute Gasteiger partial charge is 0.345 e. The number of aromatic nitrogens is 1. The summed E-state index contributed by atoms with van der Waals surface area (Å²) in [7, 11) is 1.87. The number of carbonyl (C=O) groups excluding carboxylic acids is 2. The second-order valence-corrected chi connectivity index (χ2v) is 8.36. The predicted molar refractivity (Wildman–Crippen MR) is 98.2 cm³/mol. The first-order valence-corrected chi connectivity index (χ1v) is 9.65. The zero-order chi connectivity index (χ0) is 18.5. The Hall–Kier alpha value is -2.11. The van der Waals surface area contributed by atoms with Gasteiger partial charge in [-0.05, 0) is 56.1 Å². The van der Waals surface area contributed by atoms with E-state index in [-0.39, 0.29) is 28.8 Å². The number of hydrogen-bond donors (Lipinski definition) is 0. The SMILES string of the molecule is Cc1ccn(C2CC2)c(=O)c1C(=O)N1CCC2(CCC(=O)N(C)C2)CC1. The molecule has 3 aliphatic rings. The van der Waals surface area contributed by atoms with E-state index >= 15 is 0 Å². The Labute approximate surface area is 153 Å². The molecule has 2 aliphatic heterocycles. The third-order valence-corrected chi connectivity index (χ3v) is 6.46. The minimum absolute atomic E-state index is 0.127. The summed E-state index contributed by atoms with van der Waals surface area (Å²) in [6.45, 7) is 3.96. The van der Waals surface area contributed by atoms with Gasteiger partial charge in [0.15, 0.2) is 0 Å². The zero-order valence-corrected chi connectivity index (χ0v) is 15.7. The number of amides is 2. The molecule has 4 rings (SSSR count). The van der Waals surface area contributed by atoms with Crippen LogP contribution in [0, 0.1) is 12.3 Å². The maximum absolute atomic E-state index is 13.1. The summed E-state index contributed by atoms with van der Waals surface area (Å²) >= 11 is 0. The van der Waals surface area contributed by atoms with E-state index in [4.69, 9.17) is 0 Å². The van der Waals surface area contributed by atoms with E-state index in [1.807, 2.05) is 36.0 Å². The molecule has 6 nitrogen and oxygen atoms in total. The molecular weight excluding hydrogens is 330 g/mol. The minimum Gasteiger partial charge on any atom is -0.345 e. The molecule has 1 aromatic rings. The standard InChI is InChI=1S/C20H27N3O3/c1-14-6-10-23(15-3-4-15)19(26)17(14)18(25)22-11-8-20(9-12-22)7-5-16(24)21(2)13-20/h6,10,15H,3-5,7-9,11-13H2,1-2H3. The van der Waals surface area contributed by atoms with E-state index in [2.05, 4.69) is 0 Å². The van der Waals surface area contributed by atoms with Gasteiger partial charge in [-0.3, -0.25) is 14.4 Å². The predicted octanol–water partition coefficient (Wildman–Crippen LogP) is 1.97. The van der Waals surface area contributed by atoms with E-state index in [0.717, 1.165) is 44.2 Å². The third kappa shape index (κ3) is 2.95. The highest BCUT2D eigenvalue weighted by Gasteiger charge is 2.41. The van der Waals surface area contributed by atoms with Crippen LogP contribution in [-0.4, -0.2) is 52.9 Å². The molecule has 26 heavy (non-hydrogen) atoms. The molecule has 140 valence electrons. The van der Waals surface area contributed by atoms with Crippen LogP contribution in [0.5, 0.6) is 0 Å². The van der Waals surface area contributed by atoms with E-state index in [0.29, 0.717) is 25.1 Å². The van der Waals surface area contributed by atoms with Crippen LogP contribution in [0.1, 0.15) is 60.5 Å². The number of carbonyl (C=O) groups is 2. The maximum Gasteiger partial charge on any atom is 0.263 e. The van der Waals surface area contributed by atoms with Gasteiger partial charge in [-0.15, -0.1) is 0 Å².